The van der Waals surface area contributed by atoms with E-state index < -0.39 is 0 Å². The third kappa shape index (κ3) is 1.48. The molecule has 0 amide bonds. The summed E-state index contributed by atoms with van der Waals surface area (Å²) in [6.07, 6.45) is 3.41. The molecule has 4 heteroatoms. The highest BCUT2D eigenvalue weighted by molar-refractivity contribution is 5.76. The Morgan fingerprint density at radius 3 is 3.00 bits per heavy atom. The fraction of sp³-hybridized carbons (Fsp3) is 0.500. The Balaban J connectivity index is 2.56. The van der Waals surface area contributed by atoms with Gasteiger partial charge in [-0.1, -0.05) is 0 Å². The highest BCUT2D eigenvalue weighted by atomic mass is 16.7. The van der Waals surface area contributed by atoms with Crippen molar-refractivity contribution in [1.29, 1.82) is 0 Å². The lowest BCUT2D eigenvalue weighted by atomic mass is 10.5. The van der Waals surface area contributed by atoms with Gasteiger partial charge in [0.15, 0.2) is 5.76 Å². The van der Waals surface area contributed by atoms with Gasteiger partial charge in [0.1, 0.15) is 6.67 Å². The molecule has 4 nitrogen and oxygen atoms in total. The summed E-state index contributed by atoms with van der Waals surface area (Å²) in [4.78, 5) is 8.85. The monoisotopic (exact) mass is 142 g/mol. The van der Waals surface area contributed by atoms with Gasteiger partial charge in [-0.25, -0.2) is 5.06 Å². The van der Waals surface area contributed by atoms with Gasteiger partial charge in [-0.15, -0.1) is 0 Å². The molecule has 0 aliphatic carbocycles. The first kappa shape index (κ1) is 7.08. The number of nitrogens with zero attached hydrogens (tertiary/aromatic N) is 2. The van der Waals surface area contributed by atoms with Gasteiger partial charge in [0.2, 0.25) is 0 Å². The number of rotatable bonds is 2. The molecule has 10 heavy (non-hydrogen) atoms. The van der Waals surface area contributed by atoms with Crippen LogP contribution in [0.3, 0.4) is 0 Å². The van der Waals surface area contributed by atoms with E-state index in [4.69, 9.17) is 9.57 Å². The Hall–Kier alpha value is -1.03. The smallest absolute Gasteiger partial charge is 0.155 e. The van der Waals surface area contributed by atoms with Crippen LogP contribution in [0.25, 0.3) is 0 Å². The zero-order chi connectivity index (χ0) is 7.40. The van der Waals surface area contributed by atoms with Crippen LogP contribution in [0.5, 0.6) is 0 Å². The van der Waals surface area contributed by atoms with Gasteiger partial charge in [0.05, 0.1) is 26.6 Å². The molecule has 0 bridgehead atoms. The summed E-state index contributed by atoms with van der Waals surface area (Å²) in [7, 11) is 3.18. The first-order valence-corrected chi connectivity index (χ1v) is 2.93. The minimum absolute atomic E-state index is 0.531. The highest BCUT2D eigenvalue weighted by Crippen LogP contribution is 2.02. The summed E-state index contributed by atoms with van der Waals surface area (Å²) in [5, 5.41) is 1.58. The van der Waals surface area contributed by atoms with Crippen LogP contribution in [-0.4, -0.2) is 32.2 Å². The molecule has 0 aromatic carbocycles. The Kier molecular flexibility index (Phi) is 2.28. The van der Waals surface area contributed by atoms with Crippen molar-refractivity contribution < 1.29 is 9.57 Å². The lowest BCUT2D eigenvalue weighted by molar-refractivity contribution is -0.0887. The molecule has 1 rings (SSSR count). The summed E-state index contributed by atoms with van der Waals surface area (Å²) in [6, 6.07) is 0. The number of aliphatic imine (C=N–C) groups is 1. The Labute approximate surface area is 59.7 Å². The Morgan fingerprint density at radius 1 is 1.60 bits per heavy atom. The molecule has 0 N–H and O–H groups in total. The van der Waals surface area contributed by atoms with Crippen molar-refractivity contribution >= 4 is 6.21 Å². The third-order valence-electron chi connectivity index (χ3n) is 1.18. The molecule has 0 radical (unpaired) electrons. The molecular weight excluding hydrogens is 132 g/mol. The number of methoxy groups -OCH3 is 1. The molecule has 0 spiro atoms. The van der Waals surface area contributed by atoms with Crippen LogP contribution in [0.1, 0.15) is 0 Å². The van der Waals surface area contributed by atoms with Crippen molar-refractivity contribution in [2.75, 3.05) is 20.9 Å². The average Bonchev–Trinajstić information content (AvgIpc) is 2.05. The van der Waals surface area contributed by atoms with Crippen LogP contribution >= 0.6 is 0 Å². The summed E-state index contributed by atoms with van der Waals surface area (Å²) in [5.74, 6) is 0.702. The fourth-order valence-corrected chi connectivity index (χ4v) is 0.643. The summed E-state index contributed by atoms with van der Waals surface area (Å²) in [6.45, 7) is 0.531. The fourth-order valence-electron chi connectivity index (χ4n) is 0.643. The van der Waals surface area contributed by atoms with Gasteiger partial charge in [-0.3, -0.25) is 9.83 Å². The highest BCUT2D eigenvalue weighted by Gasteiger charge is 2.03. The number of hydrogen-bond donors (Lipinski definition) is 0. The zero-order valence-electron chi connectivity index (χ0n) is 6.07. The summed E-state index contributed by atoms with van der Waals surface area (Å²) >= 11 is 0. The molecular formula is C6H10N2O2. The standard InChI is InChI=1S/C6H10N2O2/c1-9-6-3-7-5-8(4-6)10-2/h3-4H,5H2,1-2H3. The predicted octanol–water partition coefficient (Wildman–Crippen LogP) is 0.379. The molecule has 1 aliphatic heterocycles. The number of hydroxylamine groups is 2. The van der Waals surface area contributed by atoms with Crippen molar-refractivity contribution in [1.82, 2.24) is 5.06 Å². The van der Waals surface area contributed by atoms with E-state index in [0.717, 1.165) is 0 Å². The molecule has 0 aromatic rings. The lowest BCUT2D eigenvalue weighted by Gasteiger charge is -2.18. The quantitative estimate of drug-likeness (QED) is 0.559. The van der Waals surface area contributed by atoms with E-state index in [1.54, 1.807) is 31.7 Å². The van der Waals surface area contributed by atoms with Crippen LogP contribution in [-0.2, 0) is 9.57 Å². The van der Waals surface area contributed by atoms with Crippen molar-refractivity contribution in [2.24, 2.45) is 4.99 Å². The van der Waals surface area contributed by atoms with Crippen molar-refractivity contribution in [2.45, 2.75) is 0 Å². The second kappa shape index (κ2) is 3.22. The van der Waals surface area contributed by atoms with E-state index in [1.165, 1.54) is 0 Å². The van der Waals surface area contributed by atoms with Crippen LogP contribution in [0.4, 0.5) is 0 Å². The maximum absolute atomic E-state index is 4.91. The van der Waals surface area contributed by atoms with Gasteiger partial charge < -0.3 is 4.74 Å². The first-order chi connectivity index (χ1) is 4.86. The van der Waals surface area contributed by atoms with Crippen molar-refractivity contribution in [3.63, 3.8) is 0 Å². The first-order valence-electron chi connectivity index (χ1n) is 2.93. The van der Waals surface area contributed by atoms with E-state index in [9.17, 15) is 0 Å². The van der Waals surface area contributed by atoms with Crippen LogP contribution in [0, 0.1) is 0 Å². The number of hydrogen-bond acceptors (Lipinski definition) is 4. The molecule has 1 heterocycles. The SMILES string of the molecule is COC1=CN(OC)CN=C1. The molecule has 0 saturated heterocycles. The lowest BCUT2D eigenvalue weighted by Crippen LogP contribution is -2.20. The molecule has 0 atom stereocenters. The second-order valence-electron chi connectivity index (χ2n) is 1.79. The van der Waals surface area contributed by atoms with E-state index >= 15 is 0 Å². The maximum atomic E-state index is 4.91. The molecule has 56 valence electrons. The summed E-state index contributed by atoms with van der Waals surface area (Å²) in [5.41, 5.74) is 0. The molecule has 1 aliphatic rings. The van der Waals surface area contributed by atoms with Crippen molar-refractivity contribution in [3.05, 3.63) is 12.0 Å². The minimum atomic E-state index is 0.531. The predicted molar refractivity (Wildman–Crippen MR) is 37.3 cm³/mol. The van der Waals surface area contributed by atoms with Crippen LogP contribution in [0.2, 0.25) is 0 Å². The van der Waals surface area contributed by atoms with Gasteiger partial charge in [-0.05, 0) is 0 Å². The van der Waals surface area contributed by atoms with E-state index in [1.807, 2.05) is 0 Å². The van der Waals surface area contributed by atoms with Crippen LogP contribution < -0.4 is 0 Å². The van der Waals surface area contributed by atoms with Gasteiger partial charge in [0.25, 0.3) is 0 Å². The third-order valence-corrected chi connectivity index (χ3v) is 1.18. The molecule has 0 aromatic heterocycles. The van der Waals surface area contributed by atoms with Gasteiger partial charge in [0, 0.05) is 0 Å². The molecule has 0 fully saturated rings. The van der Waals surface area contributed by atoms with Crippen LogP contribution in [0.15, 0.2) is 17.0 Å². The summed E-state index contributed by atoms with van der Waals surface area (Å²) < 4.78 is 4.91. The normalized spacial score (nSPS) is 17.0. The molecule has 0 saturated carbocycles. The number of allylic oxidation sites excluding steroid dienone is 1. The van der Waals surface area contributed by atoms with E-state index in [2.05, 4.69) is 4.99 Å². The van der Waals surface area contributed by atoms with Gasteiger partial charge >= 0.3 is 0 Å². The second-order valence-corrected chi connectivity index (χ2v) is 1.79. The van der Waals surface area contributed by atoms with E-state index in [0.29, 0.717) is 12.4 Å². The largest absolute Gasteiger partial charge is 0.494 e. The Morgan fingerprint density at radius 2 is 2.40 bits per heavy atom. The number of ether oxygens (including phenoxy) is 1. The molecule has 0 unspecified atom stereocenters. The van der Waals surface area contributed by atoms with Gasteiger partial charge in [-0.2, -0.15) is 0 Å². The van der Waals surface area contributed by atoms with E-state index in [-0.39, 0.29) is 0 Å². The Bertz CT molecular complexity index is 165. The zero-order valence-corrected chi connectivity index (χ0v) is 6.07. The van der Waals surface area contributed by atoms with Crippen molar-refractivity contribution in [3.8, 4) is 0 Å². The average molecular weight is 142 g/mol. The maximum Gasteiger partial charge on any atom is 0.155 e. The minimum Gasteiger partial charge on any atom is -0.494 e. The topological polar surface area (TPSA) is 34.1 Å².